The van der Waals surface area contributed by atoms with Gasteiger partial charge in [0, 0.05) is 32.5 Å². The summed E-state index contributed by atoms with van der Waals surface area (Å²) in [4.78, 5) is 14.5. The molecule has 1 N–H and O–H groups in total. The van der Waals surface area contributed by atoms with E-state index in [1.165, 1.54) is 0 Å². The number of carbonyl (C=O) groups excluding carboxylic acids is 1. The van der Waals surface area contributed by atoms with Gasteiger partial charge >= 0.3 is 0 Å². The van der Waals surface area contributed by atoms with Gasteiger partial charge in [-0.3, -0.25) is 4.79 Å². The average Bonchev–Trinajstić information content (AvgIpc) is 3.22. The number of amides is 1. The number of nitrogens with zero attached hydrogens (tertiary/aromatic N) is 3. The second-order valence-electron chi connectivity index (χ2n) is 7.19. The van der Waals surface area contributed by atoms with Gasteiger partial charge in [-0.2, -0.15) is 0 Å². The van der Waals surface area contributed by atoms with Crippen molar-refractivity contribution in [1.82, 2.24) is 15.1 Å². The Morgan fingerprint density at radius 2 is 1.90 bits per heavy atom. The highest BCUT2D eigenvalue weighted by Crippen LogP contribution is 2.31. The number of carbonyl (C=O) groups is 1. The van der Waals surface area contributed by atoms with Gasteiger partial charge in [0.2, 0.25) is 0 Å². The molecule has 8 nitrogen and oxygen atoms in total. The molecule has 0 saturated carbocycles. The first-order valence-electron chi connectivity index (χ1n) is 9.96. The largest absolute Gasteiger partial charge is 0.496 e. The number of aromatic nitrogens is 2. The van der Waals surface area contributed by atoms with Crippen molar-refractivity contribution >= 4 is 11.7 Å². The molecule has 2 saturated heterocycles. The van der Waals surface area contributed by atoms with Gasteiger partial charge in [0.1, 0.15) is 11.6 Å². The van der Waals surface area contributed by atoms with E-state index < -0.39 is 5.79 Å². The number of para-hydroxylation sites is 1. The van der Waals surface area contributed by atoms with E-state index in [9.17, 15) is 4.79 Å². The van der Waals surface area contributed by atoms with Gasteiger partial charge in [-0.05, 0) is 30.2 Å². The van der Waals surface area contributed by atoms with Gasteiger partial charge in [-0.1, -0.05) is 18.2 Å². The molecule has 0 unspecified atom stereocenters. The molecule has 29 heavy (non-hydrogen) atoms. The number of hydrogen-bond acceptors (Lipinski definition) is 7. The number of methoxy groups -OCH3 is 1. The fraction of sp³-hybridized carbons (Fsp3) is 0.476. The lowest BCUT2D eigenvalue weighted by atomic mass is 10.0. The highest BCUT2D eigenvalue weighted by atomic mass is 16.7. The molecule has 1 aromatic heterocycles. The number of anilines is 1. The van der Waals surface area contributed by atoms with E-state index in [4.69, 9.17) is 14.2 Å². The molecule has 3 heterocycles. The van der Waals surface area contributed by atoms with Gasteiger partial charge in [0.25, 0.3) is 5.91 Å². The Hall–Kier alpha value is -2.71. The van der Waals surface area contributed by atoms with Crippen LogP contribution in [0.25, 0.3) is 0 Å². The molecule has 2 aromatic rings. The van der Waals surface area contributed by atoms with Gasteiger partial charge in [0.05, 0.1) is 20.3 Å². The highest BCUT2D eigenvalue weighted by Gasteiger charge is 2.41. The first kappa shape index (κ1) is 19.6. The Balaban J connectivity index is 1.28. The molecule has 1 spiro atoms. The summed E-state index contributed by atoms with van der Waals surface area (Å²) in [5, 5.41) is 11.5. The van der Waals surface area contributed by atoms with Crippen LogP contribution in [0.3, 0.4) is 0 Å². The molecule has 0 radical (unpaired) electrons. The predicted octanol–water partition coefficient (Wildman–Crippen LogP) is 2.12. The fourth-order valence-electron chi connectivity index (χ4n) is 3.77. The SMILES string of the molecule is COc1ccccc1CCNc1ccc(C(=O)N2CCC3(CC2)OCCO3)nn1. The number of nitrogens with one attached hydrogen (secondary N) is 1. The number of hydrogen-bond donors (Lipinski definition) is 1. The van der Waals surface area contributed by atoms with Crippen LogP contribution in [0.15, 0.2) is 36.4 Å². The lowest BCUT2D eigenvalue weighted by Crippen LogP contribution is -2.47. The van der Waals surface area contributed by atoms with Crippen LogP contribution in [-0.4, -0.2) is 66.7 Å². The Morgan fingerprint density at radius 3 is 2.59 bits per heavy atom. The molecular formula is C21H26N4O4. The molecular weight excluding hydrogens is 372 g/mol. The van der Waals surface area contributed by atoms with Gasteiger partial charge < -0.3 is 24.4 Å². The summed E-state index contributed by atoms with van der Waals surface area (Å²) in [7, 11) is 1.67. The number of rotatable bonds is 6. The van der Waals surface area contributed by atoms with Crippen LogP contribution in [0.2, 0.25) is 0 Å². The van der Waals surface area contributed by atoms with Crippen LogP contribution in [0, 0.1) is 0 Å². The van der Waals surface area contributed by atoms with E-state index in [1.807, 2.05) is 24.3 Å². The second kappa shape index (κ2) is 8.75. The molecule has 0 aliphatic carbocycles. The molecule has 2 aliphatic heterocycles. The van der Waals surface area contributed by atoms with Crippen molar-refractivity contribution in [2.45, 2.75) is 25.0 Å². The summed E-state index contributed by atoms with van der Waals surface area (Å²) in [6, 6.07) is 11.4. The van der Waals surface area contributed by atoms with Crippen molar-refractivity contribution in [3.8, 4) is 5.75 Å². The first-order valence-corrected chi connectivity index (χ1v) is 9.96. The van der Waals surface area contributed by atoms with Crippen LogP contribution >= 0.6 is 0 Å². The maximum absolute atomic E-state index is 12.7. The van der Waals surface area contributed by atoms with Crippen molar-refractivity contribution in [1.29, 1.82) is 0 Å². The third-order valence-corrected chi connectivity index (χ3v) is 5.40. The molecule has 4 rings (SSSR count). The van der Waals surface area contributed by atoms with Gasteiger partial charge in [-0.25, -0.2) is 0 Å². The number of benzene rings is 1. The van der Waals surface area contributed by atoms with Crippen molar-refractivity contribution in [3.05, 3.63) is 47.7 Å². The lowest BCUT2D eigenvalue weighted by Gasteiger charge is -2.37. The average molecular weight is 398 g/mol. The Bertz CT molecular complexity index is 827. The van der Waals surface area contributed by atoms with E-state index in [0.717, 1.165) is 17.7 Å². The van der Waals surface area contributed by atoms with Gasteiger partial charge in [0.15, 0.2) is 11.5 Å². The second-order valence-corrected chi connectivity index (χ2v) is 7.19. The zero-order chi connectivity index (χ0) is 20.1. The number of likely N-dealkylation sites (tertiary alicyclic amines) is 1. The lowest BCUT2D eigenvalue weighted by molar-refractivity contribution is -0.181. The van der Waals surface area contributed by atoms with E-state index >= 15 is 0 Å². The maximum atomic E-state index is 12.7. The monoisotopic (exact) mass is 398 g/mol. The van der Waals surface area contributed by atoms with E-state index in [1.54, 1.807) is 24.1 Å². The van der Waals surface area contributed by atoms with Crippen molar-refractivity contribution in [2.24, 2.45) is 0 Å². The third-order valence-electron chi connectivity index (χ3n) is 5.40. The quantitative estimate of drug-likeness (QED) is 0.798. The van der Waals surface area contributed by atoms with E-state index in [0.29, 0.717) is 57.2 Å². The molecule has 154 valence electrons. The van der Waals surface area contributed by atoms with Crippen LogP contribution in [0.4, 0.5) is 5.82 Å². The zero-order valence-corrected chi connectivity index (χ0v) is 16.6. The van der Waals surface area contributed by atoms with Crippen LogP contribution in [0.1, 0.15) is 28.9 Å². The Morgan fingerprint density at radius 1 is 1.14 bits per heavy atom. The van der Waals surface area contributed by atoms with Crippen molar-refractivity contribution in [3.63, 3.8) is 0 Å². The van der Waals surface area contributed by atoms with E-state index in [-0.39, 0.29) is 5.91 Å². The Labute approximate surface area is 170 Å². The standard InChI is InChI=1S/C21H26N4O4/c1-27-18-5-3-2-4-16(18)8-11-22-19-7-6-17(23-24-19)20(26)25-12-9-21(10-13-25)28-14-15-29-21/h2-7H,8-15H2,1H3,(H,22,24). The molecule has 8 heteroatoms. The summed E-state index contributed by atoms with van der Waals surface area (Å²) in [5.41, 5.74) is 1.48. The van der Waals surface area contributed by atoms with Crippen LogP contribution in [0.5, 0.6) is 5.75 Å². The summed E-state index contributed by atoms with van der Waals surface area (Å²) < 4.78 is 16.8. The summed E-state index contributed by atoms with van der Waals surface area (Å²) in [5.74, 6) is 0.920. The molecule has 0 atom stereocenters. The predicted molar refractivity (Wildman–Crippen MR) is 107 cm³/mol. The minimum Gasteiger partial charge on any atom is -0.496 e. The minimum absolute atomic E-state index is 0.106. The highest BCUT2D eigenvalue weighted by molar-refractivity contribution is 5.92. The molecule has 0 bridgehead atoms. The summed E-state index contributed by atoms with van der Waals surface area (Å²) in [6.45, 7) is 3.14. The smallest absolute Gasteiger partial charge is 0.274 e. The topological polar surface area (TPSA) is 85.8 Å². The van der Waals surface area contributed by atoms with Gasteiger partial charge in [-0.15, -0.1) is 10.2 Å². The van der Waals surface area contributed by atoms with Crippen molar-refractivity contribution in [2.75, 3.05) is 45.3 Å². The number of piperidine rings is 1. The normalized spacial score (nSPS) is 18.0. The van der Waals surface area contributed by atoms with Crippen LogP contribution < -0.4 is 10.1 Å². The number of ether oxygens (including phenoxy) is 3. The molecule has 2 fully saturated rings. The van der Waals surface area contributed by atoms with Crippen LogP contribution in [-0.2, 0) is 15.9 Å². The molecule has 1 amide bonds. The fourth-order valence-corrected chi connectivity index (χ4v) is 3.77. The minimum atomic E-state index is -0.488. The van der Waals surface area contributed by atoms with Crippen molar-refractivity contribution < 1.29 is 19.0 Å². The maximum Gasteiger partial charge on any atom is 0.274 e. The zero-order valence-electron chi connectivity index (χ0n) is 16.6. The Kier molecular flexibility index (Phi) is 5.92. The molecule has 1 aromatic carbocycles. The first-order chi connectivity index (χ1) is 14.2. The summed E-state index contributed by atoms with van der Waals surface area (Å²) >= 11 is 0. The third kappa shape index (κ3) is 4.49. The van der Waals surface area contributed by atoms with E-state index in [2.05, 4.69) is 15.5 Å². The molecule has 2 aliphatic rings. The summed E-state index contributed by atoms with van der Waals surface area (Å²) in [6.07, 6.45) is 2.18.